The molecule has 0 aliphatic rings. The Bertz CT molecular complexity index is 1390. The summed E-state index contributed by atoms with van der Waals surface area (Å²) in [7, 11) is 1.48. The third-order valence-electron chi connectivity index (χ3n) is 12.7. The molecule has 1 amide bonds. The van der Waals surface area contributed by atoms with Gasteiger partial charge < -0.3 is 19.4 Å². The lowest BCUT2D eigenvalue weighted by atomic mass is 10.0. The predicted octanol–water partition coefficient (Wildman–Crippen LogP) is 17.5. The monoisotopic (exact) mass is 1000 g/mol. The Morgan fingerprint density at radius 2 is 0.871 bits per heavy atom. The average molecular weight is 1000 g/mol. The minimum atomic E-state index is -4.45. The number of unbranched alkanes of at least 4 members (excludes halogenated alkanes) is 28. The Labute approximate surface area is 432 Å². The number of allylic oxidation sites excluding steroid dienone is 9. The normalized spacial score (nSPS) is 14.2. The van der Waals surface area contributed by atoms with Crippen LogP contribution >= 0.6 is 7.82 Å². The fourth-order valence-corrected chi connectivity index (χ4v) is 8.85. The van der Waals surface area contributed by atoms with Gasteiger partial charge in [0, 0.05) is 12.8 Å². The number of nitrogens with one attached hydrogen (secondary N) is 1. The first-order valence-electron chi connectivity index (χ1n) is 29.1. The topological polar surface area (TPSA) is 111 Å². The van der Waals surface area contributed by atoms with Crippen LogP contribution in [-0.2, 0) is 27.9 Å². The Morgan fingerprint density at radius 1 is 0.500 bits per heavy atom. The fourth-order valence-electron chi connectivity index (χ4n) is 8.12. The van der Waals surface area contributed by atoms with Gasteiger partial charge in [-0.15, -0.1) is 0 Å². The molecule has 0 bridgehead atoms. The number of hydrogen-bond acceptors (Lipinski definition) is 6. The summed E-state index contributed by atoms with van der Waals surface area (Å²) >= 11 is 0. The number of carbonyl (C=O) groups excluding carboxylic acids is 2. The third-order valence-corrected chi connectivity index (χ3v) is 13.7. The molecule has 10 heteroatoms. The van der Waals surface area contributed by atoms with E-state index in [0.717, 1.165) is 96.3 Å². The number of esters is 1. The van der Waals surface area contributed by atoms with Crippen LogP contribution in [0.5, 0.6) is 0 Å². The van der Waals surface area contributed by atoms with Gasteiger partial charge in [0.05, 0.1) is 33.8 Å². The molecule has 2 N–H and O–H groups in total. The number of phosphoric ester groups is 1. The number of hydrogen-bond donors (Lipinski definition) is 2. The summed E-state index contributed by atoms with van der Waals surface area (Å²) in [5.74, 6) is -0.537. The average Bonchev–Trinajstić information content (AvgIpc) is 3.32. The minimum absolute atomic E-state index is 0.0341. The molecular weight excluding hydrogens is 892 g/mol. The SMILES string of the molecule is CCCCC/C=C\C/C=C\C/C=C\CCCCCCCCC(=O)OC(/C=C\CCCCCCCCCCCC)C(COP(=O)(O)OCC[N+](C)(C)C)NC(=O)CCCCC/C=C\CCCCCCCC. The summed E-state index contributed by atoms with van der Waals surface area (Å²) in [5.41, 5.74) is 0. The number of amides is 1. The zero-order valence-corrected chi connectivity index (χ0v) is 47.4. The lowest BCUT2D eigenvalue weighted by molar-refractivity contribution is -0.870. The van der Waals surface area contributed by atoms with Crippen LogP contribution in [-0.4, -0.2) is 74.3 Å². The first-order chi connectivity index (χ1) is 33.9. The van der Waals surface area contributed by atoms with Crippen molar-refractivity contribution in [1.82, 2.24) is 5.32 Å². The number of nitrogens with zero attached hydrogens (tertiary/aromatic N) is 1. The first kappa shape index (κ1) is 67.7. The van der Waals surface area contributed by atoms with E-state index in [0.29, 0.717) is 17.4 Å². The summed E-state index contributed by atoms with van der Waals surface area (Å²) in [4.78, 5) is 37.6. The van der Waals surface area contributed by atoms with E-state index in [1.165, 1.54) is 128 Å². The molecule has 0 spiro atoms. The second kappa shape index (κ2) is 50.3. The quantitative estimate of drug-likeness (QED) is 0.0205. The fraction of sp³-hybridized carbons (Fsp3) is 0.800. The molecule has 0 saturated carbocycles. The maximum Gasteiger partial charge on any atom is 0.472 e. The highest BCUT2D eigenvalue weighted by Gasteiger charge is 2.30. The zero-order chi connectivity index (χ0) is 51.5. The van der Waals surface area contributed by atoms with Gasteiger partial charge in [-0.05, 0) is 96.0 Å². The Kier molecular flexibility index (Phi) is 48.6. The van der Waals surface area contributed by atoms with Gasteiger partial charge in [-0.2, -0.15) is 0 Å². The molecule has 0 radical (unpaired) electrons. The Balaban J connectivity index is 5.35. The van der Waals surface area contributed by atoms with Crippen molar-refractivity contribution in [3.05, 3.63) is 60.8 Å². The van der Waals surface area contributed by atoms with Gasteiger partial charge in [-0.25, -0.2) is 4.57 Å². The van der Waals surface area contributed by atoms with Gasteiger partial charge in [0.25, 0.3) is 0 Å². The summed E-state index contributed by atoms with van der Waals surface area (Å²) < 4.78 is 30.6. The molecule has 0 aromatic rings. The standard InChI is InChI=1S/C60H111N2O7P/c1-7-10-13-16-19-22-25-28-29-30-31-32-33-35-38-41-44-47-50-53-60(64)69-58(51-48-45-42-39-36-27-24-21-18-15-12-9-3)57(56-68-70(65,66)67-55-54-62(4,5)6)61-59(63)52-49-46-43-40-37-34-26-23-20-17-14-11-8-2/h19,22,28-29,31-32,34,37,48,51,57-58H,7-18,20-21,23-27,30,33,35-36,38-47,49-50,52-56H2,1-6H3,(H-,61,63,65,66)/p+1/b22-19-,29-28-,32-31-,37-34-,51-48-. The van der Waals surface area contributed by atoms with Gasteiger partial charge in [0.15, 0.2) is 0 Å². The van der Waals surface area contributed by atoms with Crippen molar-refractivity contribution in [2.24, 2.45) is 0 Å². The molecule has 3 atom stereocenters. The van der Waals surface area contributed by atoms with E-state index in [4.69, 9.17) is 13.8 Å². The Hall–Kier alpha value is -2.29. The molecule has 0 rings (SSSR count). The number of ether oxygens (including phenoxy) is 1. The molecule has 0 aromatic heterocycles. The summed E-state index contributed by atoms with van der Waals surface area (Å²) in [5, 5.41) is 3.03. The van der Waals surface area contributed by atoms with Crippen molar-refractivity contribution in [2.75, 3.05) is 40.9 Å². The van der Waals surface area contributed by atoms with E-state index in [1.54, 1.807) is 0 Å². The predicted molar refractivity (Wildman–Crippen MR) is 300 cm³/mol. The summed E-state index contributed by atoms with van der Waals surface area (Å²) in [6, 6.07) is -0.861. The van der Waals surface area contributed by atoms with Crippen LogP contribution in [0.1, 0.15) is 258 Å². The molecule has 70 heavy (non-hydrogen) atoms. The lowest BCUT2D eigenvalue weighted by Gasteiger charge is -2.27. The van der Waals surface area contributed by atoms with Gasteiger partial charge >= 0.3 is 13.8 Å². The van der Waals surface area contributed by atoms with E-state index in [1.807, 2.05) is 33.3 Å². The largest absolute Gasteiger partial charge is 0.472 e. The van der Waals surface area contributed by atoms with E-state index in [2.05, 4.69) is 74.7 Å². The first-order valence-corrected chi connectivity index (χ1v) is 30.6. The van der Waals surface area contributed by atoms with Crippen molar-refractivity contribution < 1.29 is 37.3 Å². The number of rotatable bonds is 52. The van der Waals surface area contributed by atoms with Crippen LogP contribution in [0.15, 0.2) is 60.8 Å². The van der Waals surface area contributed by atoms with Crippen molar-refractivity contribution in [1.29, 1.82) is 0 Å². The lowest BCUT2D eigenvalue weighted by Crippen LogP contribution is -2.47. The molecule has 0 aliphatic carbocycles. The van der Waals surface area contributed by atoms with Crippen molar-refractivity contribution >= 4 is 19.7 Å². The van der Waals surface area contributed by atoms with E-state index in [-0.39, 0.29) is 31.5 Å². The number of quaternary nitrogens is 1. The van der Waals surface area contributed by atoms with Crippen LogP contribution in [0.25, 0.3) is 0 Å². The maximum absolute atomic E-state index is 13.5. The Morgan fingerprint density at radius 3 is 1.36 bits per heavy atom. The smallest absolute Gasteiger partial charge is 0.456 e. The number of carbonyl (C=O) groups is 2. The van der Waals surface area contributed by atoms with Crippen LogP contribution in [0.4, 0.5) is 0 Å². The molecule has 0 heterocycles. The van der Waals surface area contributed by atoms with E-state index in [9.17, 15) is 19.0 Å². The molecule has 0 fully saturated rings. The molecule has 0 aromatic carbocycles. The minimum Gasteiger partial charge on any atom is -0.456 e. The van der Waals surface area contributed by atoms with Gasteiger partial charge in [-0.3, -0.25) is 18.6 Å². The maximum atomic E-state index is 13.5. The van der Waals surface area contributed by atoms with Gasteiger partial charge in [0.1, 0.15) is 19.3 Å². The molecule has 0 saturated heterocycles. The van der Waals surface area contributed by atoms with Crippen molar-refractivity contribution in [3.63, 3.8) is 0 Å². The number of likely N-dealkylation sites (N-methyl/N-ethyl adjacent to an activating group) is 1. The molecule has 9 nitrogen and oxygen atoms in total. The van der Waals surface area contributed by atoms with Gasteiger partial charge in [-0.1, -0.05) is 210 Å². The molecule has 408 valence electrons. The zero-order valence-electron chi connectivity index (χ0n) is 46.5. The molecule has 0 aliphatic heterocycles. The second-order valence-corrected chi connectivity index (χ2v) is 22.3. The summed E-state index contributed by atoms with van der Waals surface area (Å²) in [6.45, 7) is 6.95. The van der Waals surface area contributed by atoms with Crippen LogP contribution < -0.4 is 5.32 Å². The molecule has 3 unspecified atom stereocenters. The van der Waals surface area contributed by atoms with Crippen molar-refractivity contribution in [3.8, 4) is 0 Å². The van der Waals surface area contributed by atoms with Crippen molar-refractivity contribution in [2.45, 2.75) is 270 Å². The summed E-state index contributed by atoms with van der Waals surface area (Å²) in [6.07, 6.45) is 62.1. The third kappa shape index (κ3) is 50.6. The highest BCUT2D eigenvalue weighted by molar-refractivity contribution is 7.47. The molecular formula is C60H112N2O7P+. The van der Waals surface area contributed by atoms with Crippen LogP contribution in [0.2, 0.25) is 0 Å². The van der Waals surface area contributed by atoms with E-state index >= 15 is 0 Å². The second-order valence-electron chi connectivity index (χ2n) is 20.8. The van der Waals surface area contributed by atoms with Crippen LogP contribution in [0, 0.1) is 0 Å². The highest BCUT2D eigenvalue weighted by atomic mass is 31.2. The highest BCUT2D eigenvalue weighted by Crippen LogP contribution is 2.43. The van der Waals surface area contributed by atoms with Gasteiger partial charge in [0.2, 0.25) is 5.91 Å². The van der Waals surface area contributed by atoms with Crippen LogP contribution in [0.3, 0.4) is 0 Å². The van der Waals surface area contributed by atoms with E-state index < -0.39 is 20.0 Å². The number of phosphoric acid groups is 1.